The zero-order chi connectivity index (χ0) is 14.1. The van der Waals surface area contributed by atoms with E-state index in [1.807, 2.05) is 41.3 Å². The van der Waals surface area contributed by atoms with Crippen LogP contribution in [0.2, 0.25) is 5.02 Å². The smallest absolute Gasteiger partial charge is 0.254 e. The van der Waals surface area contributed by atoms with Crippen molar-refractivity contribution in [1.29, 1.82) is 0 Å². The summed E-state index contributed by atoms with van der Waals surface area (Å²) >= 11 is 6.21. The Morgan fingerprint density at radius 2 is 1.75 bits per heavy atom. The predicted molar refractivity (Wildman–Crippen MR) is 83.3 cm³/mol. The van der Waals surface area contributed by atoms with Crippen molar-refractivity contribution in [2.45, 2.75) is 19.8 Å². The van der Waals surface area contributed by atoms with Crippen LogP contribution in [0.25, 0.3) is 10.8 Å². The van der Waals surface area contributed by atoms with Crippen LogP contribution in [0.3, 0.4) is 0 Å². The third-order valence-electron chi connectivity index (χ3n) is 4.17. The van der Waals surface area contributed by atoms with Gasteiger partial charge in [0.25, 0.3) is 5.91 Å². The Kier molecular flexibility index (Phi) is 3.66. The Morgan fingerprint density at radius 1 is 1.10 bits per heavy atom. The lowest BCUT2D eigenvalue weighted by Crippen LogP contribution is -2.37. The summed E-state index contributed by atoms with van der Waals surface area (Å²) in [5, 5.41) is 2.60. The molecule has 2 aromatic carbocycles. The van der Waals surface area contributed by atoms with E-state index in [1.54, 1.807) is 0 Å². The highest BCUT2D eigenvalue weighted by molar-refractivity contribution is 6.36. The van der Waals surface area contributed by atoms with Gasteiger partial charge in [0.1, 0.15) is 0 Å². The molecule has 0 N–H and O–H groups in total. The molecule has 0 saturated carbocycles. The second kappa shape index (κ2) is 5.45. The quantitative estimate of drug-likeness (QED) is 0.763. The van der Waals surface area contributed by atoms with Gasteiger partial charge >= 0.3 is 0 Å². The number of amides is 1. The topological polar surface area (TPSA) is 20.3 Å². The summed E-state index contributed by atoms with van der Waals surface area (Å²) in [6.45, 7) is 3.97. The van der Waals surface area contributed by atoms with Gasteiger partial charge in [-0.15, -0.1) is 0 Å². The third-order valence-corrected chi connectivity index (χ3v) is 4.50. The molecule has 3 rings (SSSR count). The standard InChI is InChI=1S/C17H18ClNO/c1-12-8-10-19(11-9-12)17(20)15-6-2-5-14-13(15)4-3-7-16(14)18/h2-7,12H,8-11H2,1H3. The molecule has 0 unspecified atom stereocenters. The second-order valence-corrected chi connectivity index (χ2v) is 6.02. The lowest BCUT2D eigenvalue weighted by Gasteiger charge is -2.30. The fourth-order valence-electron chi connectivity index (χ4n) is 2.84. The summed E-state index contributed by atoms with van der Waals surface area (Å²) < 4.78 is 0. The van der Waals surface area contributed by atoms with Crippen LogP contribution in [0.5, 0.6) is 0 Å². The van der Waals surface area contributed by atoms with E-state index < -0.39 is 0 Å². The molecule has 0 bridgehead atoms. The maximum atomic E-state index is 12.7. The van der Waals surface area contributed by atoms with Gasteiger partial charge in [-0.25, -0.2) is 0 Å². The summed E-state index contributed by atoms with van der Waals surface area (Å²) in [4.78, 5) is 14.7. The van der Waals surface area contributed by atoms with E-state index in [2.05, 4.69) is 6.92 Å². The zero-order valence-electron chi connectivity index (χ0n) is 11.6. The van der Waals surface area contributed by atoms with Gasteiger partial charge in [-0.1, -0.05) is 42.8 Å². The van der Waals surface area contributed by atoms with Crippen LogP contribution < -0.4 is 0 Å². The number of hydrogen-bond acceptors (Lipinski definition) is 1. The normalized spacial score (nSPS) is 16.6. The largest absolute Gasteiger partial charge is 0.339 e. The lowest BCUT2D eigenvalue weighted by molar-refractivity contribution is 0.0699. The number of carbonyl (C=O) groups excluding carboxylic acids is 1. The molecule has 0 aliphatic carbocycles. The molecular formula is C17H18ClNO. The highest BCUT2D eigenvalue weighted by atomic mass is 35.5. The van der Waals surface area contributed by atoms with Crippen LogP contribution in [0, 0.1) is 5.92 Å². The van der Waals surface area contributed by atoms with Crippen molar-refractivity contribution in [3.05, 3.63) is 47.0 Å². The second-order valence-electron chi connectivity index (χ2n) is 5.62. The third kappa shape index (κ3) is 2.40. The van der Waals surface area contributed by atoms with E-state index in [-0.39, 0.29) is 5.91 Å². The Hall–Kier alpha value is -1.54. The average molecular weight is 288 g/mol. The maximum Gasteiger partial charge on any atom is 0.254 e. The monoisotopic (exact) mass is 287 g/mol. The summed E-state index contributed by atoms with van der Waals surface area (Å²) in [6, 6.07) is 11.5. The molecule has 1 saturated heterocycles. The fourth-order valence-corrected chi connectivity index (χ4v) is 3.08. The van der Waals surface area contributed by atoms with Crippen molar-refractivity contribution < 1.29 is 4.79 Å². The molecule has 3 heteroatoms. The average Bonchev–Trinajstić information content (AvgIpc) is 2.47. The Labute approximate surface area is 124 Å². The van der Waals surface area contributed by atoms with Crippen molar-refractivity contribution in [2.24, 2.45) is 5.92 Å². The van der Waals surface area contributed by atoms with Crippen LogP contribution >= 0.6 is 11.6 Å². The minimum absolute atomic E-state index is 0.129. The number of benzene rings is 2. The molecule has 1 fully saturated rings. The van der Waals surface area contributed by atoms with Gasteiger partial charge in [0, 0.05) is 29.1 Å². The van der Waals surface area contributed by atoms with E-state index in [9.17, 15) is 4.79 Å². The summed E-state index contributed by atoms with van der Waals surface area (Å²) in [5.74, 6) is 0.853. The Bertz CT molecular complexity index is 644. The van der Waals surface area contributed by atoms with Crippen LogP contribution in [0.15, 0.2) is 36.4 Å². The van der Waals surface area contributed by atoms with E-state index in [0.29, 0.717) is 5.02 Å². The number of nitrogens with zero attached hydrogens (tertiary/aromatic N) is 1. The van der Waals surface area contributed by atoms with Crippen molar-refractivity contribution in [3.63, 3.8) is 0 Å². The molecule has 20 heavy (non-hydrogen) atoms. The minimum Gasteiger partial charge on any atom is -0.339 e. The first kappa shape index (κ1) is 13.4. The van der Waals surface area contributed by atoms with Gasteiger partial charge in [-0.05, 0) is 36.3 Å². The minimum atomic E-state index is 0.129. The Balaban J connectivity index is 1.98. The molecule has 1 aliphatic rings. The highest BCUT2D eigenvalue weighted by Gasteiger charge is 2.22. The first-order chi connectivity index (χ1) is 9.66. The van der Waals surface area contributed by atoms with Gasteiger partial charge in [-0.3, -0.25) is 4.79 Å². The SMILES string of the molecule is CC1CCN(C(=O)c2cccc3c(Cl)cccc23)CC1. The van der Waals surface area contributed by atoms with Crippen molar-refractivity contribution in [2.75, 3.05) is 13.1 Å². The van der Waals surface area contributed by atoms with Crippen LogP contribution in [-0.4, -0.2) is 23.9 Å². The molecule has 0 atom stereocenters. The number of hydrogen-bond donors (Lipinski definition) is 0. The van der Waals surface area contributed by atoms with Crippen LogP contribution in [-0.2, 0) is 0 Å². The molecule has 0 radical (unpaired) electrons. The van der Waals surface area contributed by atoms with Crippen molar-refractivity contribution in [3.8, 4) is 0 Å². The van der Waals surface area contributed by atoms with E-state index in [0.717, 1.165) is 48.2 Å². The first-order valence-electron chi connectivity index (χ1n) is 7.13. The van der Waals surface area contributed by atoms with Crippen LogP contribution in [0.4, 0.5) is 0 Å². The molecular weight excluding hydrogens is 270 g/mol. The fraction of sp³-hybridized carbons (Fsp3) is 0.353. The zero-order valence-corrected chi connectivity index (χ0v) is 12.4. The highest BCUT2D eigenvalue weighted by Crippen LogP contribution is 2.27. The summed E-state index contributed by atoms with van der Waals surface area (Å²) in [7, 11) is 0. The number of carbonyl (C=O) groups is 1. The lowest BCUT2D eigenvalue weighted by atomic mass is 9.97. The predicted octanol–water partition coefficient (Wildman–Crippen LogP) is 4.37. The van der Waals surface area contributed by atoms with Crippen molar-refractivity contribution in [1.82, 2.24) is 4.90 Å². The summed E-state index contributed by atoms with van der Waals surface area (Å²) in [5.41, 5.74) is 0.763. The first-order valence-corrected chi connectivity index (χ1v) is 7.51. The van der Waals surface area contributed by atoms with Gasteiger partial charge in [-0.2, -0.15) is 0 Å². The molecule has 2 aromatic rings. The molecule has 1 aliphatic heterocycles. The number of fused-ring (bicyclic) bond motifs is 1. The van der Waals surface area contributed by atoms with Crippen molar-refractivity contribution >= 4 is 28.3 Å². The summed E-state index contributed by atoms with van der Waals surface area (Å²) in [6.07, 6.45) is 2.19. The number of piperidine rings is 1. The van der Waals surface area contributed by atoms with E-state index in [1.165, 1.54) is 0 Å². The molecule has 0 spiro atoms. The van der Waals surface area contributed by atoms with Gasteiger partial charge in [0.15, 0.2) is 0 Å². The molecule has 1 amide bonds. The molecule has 104 valence electrons. The van der Waals surface area contributed by atoms with Gasteiger partial charge < -0.3 is 4.90 Å². The number of likely N-dealkylation sites (tertiary alicyclic amines) is 1. The number of halogens is 1. The van der Waals surface area contributed by atoms with Gasteiger partial charge in [0.2, 0.25) is 0 Å². The van der Waals surface area contributed by atoms with Crippen LogP contribution in [0.1, 0.15) is 30.1 Å². The Morgan fingerprint density at radius 3 is 2.50 bits per heavy atom. The molecule has 1 heterocycles. The van der Waals surface area contributed by atoms with E-state index in [4.69, 9.17) is 11.6 Å². The number of rotatable bonds is 1. The molecule has 2 nitrogen and oxygen atoms in total. The molecule has 0 aromatic heterocycles. The maximum absolute atomic E-state index is 12.7. The van der Waals surface area contributed by atoms with Gasteiger partial charge in [0.05, 0.1) is 0 Å². The van der Waals surface area contributed by atoms with E-state index >= 15 is 0 Å².